The van der Waals surface area contributed by atoms with E-state index in [9.17, 15) is 0 Å². The topological polar surface area (TPSA) is 37.7 Å². The summed E-state index contributed by atoms with van der Waals surface area (Å²) in [5, 5.41) is 6.85. The zero-order valence-corrected chi connectivity index (χ0v) is 45.9. The Hall–Kier alpha value is -7.96. The van der Waals surface area contributed by atoms with E-state index in [1.54, 1.807) is 0 Å². The molecule has 374 valence electrons. The van der Waals surface area contributed by atoms with Crippen molar-refractivity contribution < 1.29 is 8.83 Å². The van der Waals surface area contributed by atoms with Crippen molar-refractivity contribution in [3.8, 4) is 16.8 Å². The van der Waals surface area contributed by atoms with Crippen LogP contribution in [0.3, 0.4) is 0 Å². The van der Waals surface area contributed by atoms with Crippen molar-refractivity contribution in [1.82, 2.24) is 4.57 Å². The first-order valence-corrected chi connectivity index (χ1v) is 27.2. The molecule has 5 heterocycles. The highest BCUT2D eigenvalue weighted by molar-refractivity contribution is 6.94. The van der Waals surface area contributed by atoms with Crippen LogP contribution in [0.15, 0.2) is 179 Å². The van der Waals surface area contributed by atoms with Crippen molar-refractivity contribution in [1.29, 1.82) is 0 Å². The van der Waals surface area contributed by atoms with Gasteiger partial charge in [0.05, 0.1) is 16.4 Å². The maximum absolute atomic E-state index is 7.31. The smallest absolute Gasteiger partial charge is 0.333 e. The number of para-hydroxylation sites is 2. The lowest BCUT2D eigenvalue weighted by Gasteiger charge is -2.42. The number of benzene rings is 9. The van der Waals surface area contributed by atoms with E-state index in [0.29, 0.717) is 0 Å². The van der Waals surface area contributed by atoms with Crippen molar-refractivity contribution in [2.24, 2.45) is 0 Å². The maximum Gasteiger partial charge on any atom is 0.333 e. The van der Waals surface area contributed by atoms with Crippen LogP contribution in [0.1, 0.15) is 105 Å². The lowest BCUT2D eigenvalue weighted by Crippen LogP contribution is -2.60. The van der Waals surface area contributed by atoms with Crippen LogP contribution in [0.5, 0.6) is 0 Å². The SMILES string of the molecule is CC(C)(C)c1ccc(N2B3c4cc5oc6ccccc6c5cc4-n4c5ccc(C(C)(C)C)cc5c5c6oc7ccccc7c6c(c3c54)-c3ccc(N(c4ccc(C(C)(C)C)cc4)c4ccc(C(C)(C)C)cc4)cc32)cc1. The molecule has 0 atom stereocenters. The Balaban J connectivity index is 1.15. The zero-order valence-electron chi connectivity index (χ0n) is 45.9. The maximum atomic E-state index is 7.31. The van der Waals surface area contributed by atoms with Crippen LogP contribution < -0.4 is 20.6 Å². The van der Waals surface area contributed by atoms with E-state index >= 15 is 0 Å². The number of rotatable bonds is 4. The summed E-state index contributed by atoms with van der Waals surface area (Å²) in [7, 11) is 0. The molecule has 9 aromatic carbocycles. The summed E-state index contributed by atoms with van der Waals surface area (Å²) < 4.78 is 16.8. The minimum atomic E-state index is -0.268. The Labute approximate surface area is 446 Å². The molecule has 0 unspecified atom stereocenters. The quantitative estimate of drug-likeness (QED) is 0.165. The standard InChI is InChI=1S/C70H64BN3O2/c1-67(2,3)41-21-28-45(29-22-41)72(46-30-23-42(24-31-46)68(4,5)6)48-34-35-50-56(38-48)74(47-32-25-43(26-33-47)69(7,8)9)71-54-40-60-52(49-17-13-15-19-58(49)75-60)39-57(54)73-55-36-27-44(70(10,11)12)37-53(55)63-65(73)64(71)61(50)62-51-18-14-16-20-59(51)76-66(62)63/h13-40H,1-12H3. The fraction of sp³-hybridized carbons (Fsp3) is 0.229. The Morgan fingerprint density at radius 2 is 0.961 bits per heavy atom. The third kappa shape index (κ3) is 6.84. The first-order valence-electron chi connectivity index (χ1n) is 27.2. The molecule has 76 heavy (non-hydrogen) atoms. The van der Waals surface area contributed by atoms with Gasteiger partial charge in [0, 0.05) is 66.6 Å². The summed E-state index contributed by atoms with van der Waals surface area (Å²) in [5.41, 5.74) is 22.6. The number of anilines is 5. The zero-order chi connectivity index (χ0) is 52.5. The van der Waals surface area contributed by atoms with Gasteiger partial charge in [0.2, 0.25) is 0 Å². The first kappa shape index (κ1) is 46.6. The molecule has 12 aromatic rings. The molecule has 2 aliphatic heterocycles. The van der Waals surface area contributed by atoms with Gasteiger partial charge in [0.25, 0.3) is 0 Å². The lowest BCUT2D eigenvalue weighted by atomic mass is 9.43. The van der Waals surface area contributed by atoms with Gasteiger partial charge >= 0.3 is 6.85 Å². The number of hydrogen-bond donors (Lipinski definition) is 0. The molecule has 5 nitrogen and oxygen atoms in total. The highest BCUT2D eigenvalue weighted by Crippen LogP contribution is 2.53. The second-order valence-electron chi connectivity index (χ2n) is 25.8. The summed E-state index contributed by atoms with van der Waals surface area (Å²) in [6, 6.07) is 64.1. The lowest BCUT2D eigenvalue weighted by molar-refractivity contribution is 0.590. The molecule has 6 heteroatoms. The molecule has 0 bridgehead atoms. The van der Waals surface area contributed by atoms with Crippen LogP contribution in [0.4, 0.5) is 28.4 Å². The van der Waals surface area contributed by atoms with Gasteiger partial charge in [-0.25, -0.2) is 0 Å². The van der Waals surface area contributed by atoms with Crippen molar-refractivity contribution in [3.05, 3.63) is 192 Å². The Morgan fingerprint density at radius 1 is 0.421 bits per heavy atom. The van der Waals surface area contributed by atoms with E-state index in [4.69, 9.17) is 8.83 Å². The summed E-state index contributed by atoms with van der Waals surface area (Å²) in [6.45, 7) is 27.3. The van der Waals surface area contributed by atoms with Crippen LogP contribution in [0.25, 0.3) is 82.5 Å². The summed E-state index contributed by atoms with van der Waals surface area (Å²) in [5.74, 6) is 0. The molecule has 0 saturated heterocycles. The third-order valence-corrected chi connectivity index (χ3v) is 16.8. The minimum Gasteiger partial charge on any atom is -0.456 e. The second kappa shape index (κ2) is 15.8. The molecule has 0 saturated carbocycles. The third-order valence-electron chi connectivity index (χ3n) is 16.8. The molecule has 0 amide bonds. The molecule has 0 radical (unpaired) electrons. The predicted molar refractivity (Wildman–Crippen MR) is 324 cm³/mol. The molecular formula is C70H64BN3O2. The monoisotopic (exact) mass is 990 g/mol. The van der Waals surface area contributed by atoms with Crippen LogP contribution in [-0.2, 0) is 21.7 Å². The predicted octanol–water partition coefficient (Wildman–Crippen LogP) is 18.5. The number of fused-ring (bicyclic) bond motifs is 16. The first-order chi connectivity index (χ1) is 36.2. The molecule has 0 spiro atoms. The average molecular weight is 990 g/mol. The Bertz CT molecular complexity index is 4310. The van der Waals surface area contributed by atoms with Crippen molar-refractivity contribution in [2.45, 2.75) is 105 Å². The molecular weight excluding hydrogens is 926 g/mol. The van der Waals surface area contributed by atoms with E-state index < -0.39 is 0 Å². The summed E-state index contributed by atoms with van der Waals surface area (Å²) in [4.78, 5) is 5.10. The number of aromatic nitrogens is 1. The van der Waals surface area contributed by atoms with E-state index in [2.05, 4.69) is 267 Å². The molecule has 0 fully saturated rings. The van der Waals surface area contributed by atoms with Gasteiger partial charge in [0.15, 0.2) is 0 Å². The van der Waals surface area contributed by atoms with Gasteiger partial charge in [-0.05, 0) is 145 Å². The largest absolute Gasteiger partial charge is 0.456 e. The molecule has 0 aliphatic carbocycles. The van der Waals surface area contributed by atoms with E-state index in [1.165, 1.54) is 55.2 Å². The highest BCUT2D eigenvalue weighted by atomic mass is 16.3. The van der Waals surface area contributed by atoms with Gasteiger partial charge in [-0.2, -0.15) is 0 Å². The normalized spacial score (nSPS) is 13.7. The van der Waals surface area contributed by atoms with E-state index in [-0.39, 0.29) is 28.5 Å². The van der Waals surface area contributed by atoms with Crippen LogP contribution in [0.2, 0.25) is 0 Å². The summed E-state index contributed by atoms with van der Waals surface area (Å²) >= 11 is 0. The van der Waals surface area contributed by atoms with E-state index in [0.717, 1.165) is 88.9 Å². The minimum absolute atomic E-state index is 0.0127. The molecule has 2 aliphatic rings. The van der Waals surface area contributed by atoms with Gasteiger partial charge in [0.1, 0.15) is 22.3 Å². The van der Waals surface area contributed by atoms with Gasteiger partial charge < -0.3 is 23.1 Å². The molecule has 0 N–H and O–H groups in total. The van der Waals surface area contributed by atoms with Crippen LogP contribution >= 0.6 is 0 Å². The Kier molecular flexibility index (Phi) is 9.68. The Morgan fingerprint density at radius 3 is 1.57 bits per heavy atom. The molecule has 3 aromatic heterocycles. The molecule has 14 rings (SSSR count). The number of hydrogen-bond acceptors (Lipinski definition) is 4. The van der Waals surface area contributed by atoms with Crippen LogP contribution in [0, 0.1) is 0 Å². The summed E-state index contributed by atoms with van der Waals surface area (Å²) in [6.07, 6.45) is 0. The number of furan rings is 2. The average Bonchev–Trinajstić information content (AvgIpc) is 4.25. The second-order valence-corrected chi connectivity index (χ2v) is 25.8. The fourth-order valence-electron chi connectivity index (χ4n) is 12.7. The van der Waals surface area contributed by atoms with Crippen molar-refractivity contribution in [3.63, 3.8) is 0 Å². The fourth-order valence-corrected chi connectivity index (χ4v) is 12.7. The van der Waals surface area contributed by atoms with Gasteiger partial charge in [-0.1, -0.05) is 168 Å². The van der Waals surface area contributed by atoms with Crippen molar-refractivity contribution in [2.75, 3.05) is 9.71 Å². The van der Waals surface area contributed by atoms with Gasteiger partial charge in [-0.3, -0.25) is 0 Å². The van der Waals surface area contributed by atoms with Crippen LogP contribution in [-0.4, -0.2) is 11.4 Å². The van der Waals surface area contributed by atoms with Crippen molar-refractivity contribution >= 4 is 112 Å². The van der Waals surface area contributed by atoms with Gasteiger partial charge in [-0.15, -0.1) is 0 Å². The number of nitrogens with zero attached hydrogens (tertiary/aromatic N) is 3. The highest BCUT2D eigenvalue weighted by Gasteiger charge is 2.47. The van der Waals surface area contributed by atoms with E-state index in [1.807, 2.05) is 0 Å².